The molecule has 1 aliphatic heterocycles. The number of aromatic nitrogens is 2. The minimum atomic E-state index is -0.609. The highest BCUT2D eigenvalue weighted by Crippen LogP contribution is 2.16. The van der Waals surface area contributed by atoms with Crippen LogP contribution in [0.5, 0.6) is 5.75 Å². The molecule has 2 aromatic rings. The van der Waals surface area contributed by atoms with Crippen molar-refractivity contribution in [1.29, 1.82) is 0 Å². The van der Waals surface area contributed by atoms with E-state index in [1.165, 1.54) is 18.6 Å². The average Bonchev–Trinajstić information content (AvgIpc) is 3.13. The highest BCUT2D eigenvalue weighted by atomic mass is 16.5. The summed E-state index contributed by atoms with van der Waals surface area (Å²) in [5.41, 5.74) is 3.78. The van der Waals surface area contributed by atoms with E-state index >= 15 is 0 Å². The number of anilines is 1. The summed E-state index contributed by atoms with van der Waals surface area (Å²) in [5, 5.41) is 6.72. The first-order chi connectivity index (χ1) is 11.7. The van der Waals surface area contributed by atoms with Crippen LogP contribution < -0.4 is 15.5 Å². The maximum atomic E-state index is 12.3. The maximum Gasteiger partial charge on any atom is 0.248 e. The van der Waals surface area contributed by atoms with Crippen LogP contribution in [0.2, 0.25) is 0 Å². The molecular weight excluding hydrogens is 310 g/mol. The van der Waals surface area contributed by atoms with Gasteiger partial charge in [0.15, 0.2) is 0 Å². The van der Waals surface area contributed by atoms with Gasteiger partial charge in [-0.2, -0.15) is 5.10 Å². The molecule has 1 aliphatic rings. The van der Waals surface area contributed by atoms with Gasteiger partial charge in [0.05, 0.1) is 13.3 Å². The number of ketones is 1. The number of benzene rings is 1. The number of carbonyl (C=O) groups is 2. The van der Waals surface area contributed by atoms with E-state index in [9.17, 15) is 9.59 Å². The van der Waals surface area contributed by atoms with Crippen LogP contribution in [0.4, 0.5) is 5.69 Å². The van der Waals surface area contributed by atoms with Gasteiger partial charge in [-0.05, 0) is 24.3 Å². The SMILES string of the molecule is COc1ccc(NC(=O)C2CC(C(=O)c3cnccn3)=NN2)cc1. The van der Waals surface area contributed by atoms with E-state index in [0.29, 0.717) is 11.4 Å². The molecule has 24 heavy (non-hydrogen) atoms. The Hall–Kier alpha value is -3.29. The number of methoxy groups -OCH3 is 1. The Bertz CT molecular complexity index is 774. The average molecular weight is 325 g/mol. The van der Waals surface area contributed by atoms with E-state index in [0.717, 1.165) is 0 Å². The lowest BCUT2D eigenvalue weighted by atomic mass is 10.1. The fraction of sp³-hybridized carbons (Fsp3) is 0.188. The standard InChI is InChI=1S/C16H15N5O3/c1-24-11-4-2-10(3-5-11)19-16(23)13-8-12(20-21-13)15(22)14-9-17-6-7-18-14/h2-7,9,13,21H,8H2,1H3,(H,19,23). The molecule has 2 N–H and O–H groups in total. The molecule has 122 valence electrons. The minimum Gasteiger partial charge on any atom is -0.497 e. The summed E-state index contributed by atoms with van der Waals surface area (Å²) >= 11 is 0. The van der Waals surface area contributed by atoms with Gasteiger partial charge in [-0.3, -0.25) is 20.0 Å². The van der Waals surface area contributed by atoms with Crippen molar-refractivity contribution in [3.8, 4) is 5.75 Å². The Morgan fingerprint density at radius 3 is 2.71 bits per heavy atom. The molecule has 0 fully saturated rings. The van der Waals surface area contributed by atoms with Gasteiger partial charge in [-0.15, -0.1) is 0 Å². The predicted molar refractivity (Wildman–Crippen MR) is 87.0 cm³/mol. The number of hydrogen-bond donors (Lipinski definition) is 2. The van der Waals surface area contributed by atoms with E-state index in [1.807, 2.05) is 0 Å². The first-order valence-corrected chi connectivity index (χ1v) is 7.25. The molecular formula is C16H15N5O3. The highest BCUT2D eigenvalue weighted by Gasteiger charge is 2.30. The fourth-order valence-corrected chi connectivity index (χ4v) is 2.20. The Morgan fingerprint density at radius 2 is 2.04 bits per heavy atom. The zero-order valence-corrected chi connectivity index (χ0v) is 12.9. The maximum absolute atomic E-state index is 12.3. The van der Waals surface area contributed by atoms with Crippen molar-refractivity contribution in [2.75, 3.05) is 12.4 Å². The van der Waals surface area contributed by atoms with Crippen molar-refractivity contribution >= 4 is 23.1 Å². The Labute approximate surface area is 138 Å². The van der Waals surface area contributed by atoms with Crippen LogP contribution in [-0.4, -0.2) is 40.5 Å². The normalized spacial score (nSPS) is 16.0. The molecule has 1 aromatic carbocycles. The van der Waals surface area contributed by atoms with Crippen LogP contribution in [0, 0.1) is 0 Å². The number of rotatable bonds is 5. The topological polar surface area (TPSA) is 106 Å². The molecule has 1 amide bonds. The lowest BCUT2D eigenvalue weighted by molar-refractivity contribution is -0.117. The second-order valence-electron chi connectivity index (χ2n) is 5.08. The van der Waals surface area contributed by atoms with Crippen LogP contribution in [0.15, 0.2) is 48.0 Å². The van der Waals surface area contributed by atoms with Gasteiger partial charge >= 0.3 is 0 Å². The number of hydrazone groups is 1. The number of carbonyl (C=O) groups excluding carboxylic acids is 2. The molecule has 3 rings (SSSR count). The molecule has 0 aliphatic carbocycles. The third-order valence-electron chi connectivity index (χ3n) is 3.48. The zero-order chi connectivity index (χ0) is 16.9. The van der Waals surface area contributed by atoms with E-state index in [2.05, 4.69) is 25.8 Å². The Kier molecular flexibility index (Phi) is 4.46. The summed E-state index contributed by atoms with van der Waals surface area (Å²) in [6, 6.07) is 6.35. The molecule has 8 nitrogen and oxygen atoms in total. The van der Waals surface area contributed by atoms with Gasteiger partial charge < -0.3 is 10.1 Å². The van der Waals surface area contributed by atoms with Crippen LogP contribution in [0.3, 0.4) is 0 Å². The van der Waals surface area contributed by atoms with Crippen molar-refractivity contribution < 1.29 is 14.3 Å². The summed E-state index contributed by atoms with van der Waals surface area (Å²) in [6.45, 7) is 0. The quantitative estimate of drug-likeness (QED) is 0.795. The fourth-order valence-electron chi connectivity index (χ4n) is 2.20. The molecule has 0 bridgehead atoms. The minimum absolute atomic E-state index is 0.192. The number of Topliss-reactive ketones (excluding diaryl/α,β-unsaturated/α-hetero) is 1. The molecule has 1 aromatic heterocycles. The summed E-state index contributed by atoms with van der Waals surface area (Å²) in [4.78, 5) is 32.3. The van der Waals surface area contributed by atoms with Gasteiger partial charge in [0.25, 0.3) is 0 Å². The Balaban J connectivity index is 1.59. The van der Waals surface area contributed by atoms with E-state index < -0.39 is 6.04 Å². The second kappa shape index (κ2) is 6.86. The third kappa shape index (κ3) is 3.37. The number of hydrogen-bond acceptors (Lipinski definition) is 7. The molecule has 0 radical (unpaired) electrons. The highest BCUT2D eigenvalue weighted by molar-refractivity contribution is 6.46. The van der Waals surface area contributed by atoms with E-state index in [1.54, 1.807) is 31.4 Å². The number of nitrogens with zero attached hydrogens (tertiary/aromatic N) is 3. The molecule has 0 saturated heterocycles. The Morgan fingerprint density at radius 1 is 1.25 bits per heavy atom. The van der Waals surface area contributed by atoms with Crippen LogP contribution in [-0.2, 0) is 4.79 Å². The molecule has 1 atom stereocenters. The van der Waals surface area contributed by atoms with Gasteiger partial charge in [-0.1, -0.05) is 0 Å². The molecule has 8 heteroatoms. The van der Waals surface area contributed by atoms with Crippen molar-refractivity contribution in [3.05, 3.63) is 48.5 Å². The summed E-state index contributed by atoms with van der Waals surface area (Å²) in [7, 11) is 1.57. The van der Waals surface area contributed by atoms with E-state index in [-0.39, 0.29) is 29.5 Å². The summed E-state index contributed by atoms with van der Waals surface area (Å²) in [5.74, 6) is 0.0911. The first kappa shape index (κ1) is 15.6. The number of amides is 1. The van der Waals surface area contributed by atoms with Gasteiger partial charge in [0.1, 0.15) is 23.2 Å². The third-order valence-corrected chi connectivity index (χ3v) is 3.48. The molecule has 2 heterocycles. The van der Waals surface area contributed by atoms with Crippen molar-refractivity contribution in [2.45, 2.75) is 12.5 Å². The van der Waals surface area contributed by atoms with Crippen molar-refractivity contribution in [1.82, 2.24) is 15.4 Å². The number of ether oxygens (including phenoxy) is 1. The van der Waals surface area contributed by atoms with Gasteiger partial charge in [0, 0.05) is 24.5 Å². The second-order valence-corrected chi connectivity index (χ2v) is 5.08. The molecule has 1 unspecified atom stereocenters. The lowest BCUT2D eigenvalue weighted by Gasteiger charge is -2.11. The lowest BCUT2D eigenvalue weighted by Crippen LogP contribution is -2.35. The summed E-state index contributed by atoms with van der Waals surface area (Å²) in [6.07, 6.45) is 4.48. The van der Waals surface area contributed by atoms with Crippen LogP contribution in [0.1, 0.15) is 16.9 Å². The smallest absolute Gasteiger partial charge is 0.248 e. The monoisotopic (exact) mass is 325 g/mol. The zero-order valence-electron chi connectivity index (χ0n) is 12.9. The van der Waals surface area contributed by atoms with Crippen molar-refractivity contribution in [3.63, 3.8) is 0 Å². The van der Waals surface area contributed by atoms with Crippen molar-refractivity contribution in [2.24, 2.45) is 5.10 Å². The van der Waals surface area contributed by atoms with Crippen LogP contribution >= 0.6 is 0 Å². The van der Waals surface area contributed by atoms with Crippen LogP contribution in [0.25, 0.3) is 0 Å². The van der Waals surface area contributed by atoms with E-state index in [4.69, 9.17) is 4.74 Å². The van der Waals surface area contributed by atoms with Gasteiger partial charge in [-0.25, -0.2) is 4.98 Å². The molecule has 0 spiro atoms. The number of nitrogens with one attached hydrogen (secondary N) is 2. The predicted octanol–water partition coefficient (Wildman–Crippen LogP) is 1.02. The summed E-state index contributed by atoms with van der Waals surface area (Å²) < 4.78 is 5.06. The van der Waals surface area contributed by atoms with Gasteiger partial charge in [0.2, 0.25) is 11.7 Å². The molecule has 0 saturated carbocycles. The first-order valence-electron chi connectivity index (χ1n) is 7.25. The largest absolute Gasteiger partial charge is 0.497 e.